The number of thiophene rings is 1. The van der Waals surface area contributed by atoms with Gasteiger partial charge in [-0.15, -0.1) is 11.3 Å². The van der Waals surface area contributed by atoms with Crippen molar-refractivity contribution in [3.8, 4) is 27.7 Å². The summed E-state index contributed by atoms with van der Waals surface area (Å²) in [6.07, 6.45) is 10.7. The molecule has 0 aliphatic rings. The fourth-order valence-corrected chi connectivity index (χ4v) is 5.88. The van der Waals surface area contributed by atoms with Crippen LogP contribution in [0.25, 0.3) is 20.5 Å². The molecule has 5 N–H and O–H groups in total. The standard InChI is InChI=1S/C31H26N4O4S.2C2H2O4/c1-38-27-16-22(2-3-23(27)18-35-13-11-33-20-35)30(37)29-26-9-6-24(36)17-28(26)40-31(29)21-4-7-25(8-5-21)39-15-14-34-12-10-32-19-34;2*3-1(4)2(5)6/h2-13,16-17,19-20,36H,14-15,18H2,1H3;2*(H,3,4)(H,5,6). The van der Waals surface area contributed by atoms with Crippen LogP contribution in [0.5, 0.6) is 17.2 Å². The third-order valence-corrected chi connectivity index (χ3v) is 8.22. The summed E-state index contributed by atoms with van der Waals surface area (Å²) in [6.45, 7) is 1.80. The maximum atomic E-state index is 14.1. The van der Waals surface area contributed by atoms with Crippen molar-refractivity contribution in [1.82, 2.24) is 19.1 Å². The summed E-state index contributed by atoms with van der Waals surface area (Å²) >= 11 is 1.48. The van der Waals surface area contributed by atoms with Gasteiger partial charge in [-0.1, -0.05) is 12.1 Å². The number of nitrogens with zero attached hydrogens (tertiary/aromatic N) is 4. The molecule has 0 aliphatic carbocycles. The highest BCUT2D eigenvalue weighted by Gasteiger charge is 2.23. The number of ketones is 1. The van der Waals surface area contributed by atoms with Gasteiger partial charge < -0.3 is 44.1 Å². The Balaban J connectivity index is 0.000000436. The lowest BCUT2D eigenvalue weighted by atomic mass is 9.96. The lowest BCUT2D eigenvalue weighted by Crippen LogP contribution is -2.09. The smallest absolute Gasteiger partial charge is 0.414 e. The molecule has 3 heterocycles. The van der Waals surface area contributed by atoms with Gasteiger partial charge in [0.15, 0.2) is 5.78 Å². The number of carbonyl (C=O) groups excluding carboxylic acids is 1. The summed E-state index contributed by atoms with van der Waals surface area (Å²) in [5.41, 5.74) is 2.97. The van der Waals surface area contributed by atoms with Gasteiger partial charge in [-0.05, 0) is 54.1 Å². The van der Waals surface area contributed by atoms with Gasteiger partial charge in [-0.25, -0.2) is 29.1 Å². The van der Waals surface area contributed by atoms with Crippen molar-refractivity contribution in [2.75, 3.05) is 13.7 Å². The molecule has 6 aromatic rings. The quantitative estimate of drug-likeness (QED) is 0.0973. The molecule has 17 heteroatoms. The molecular formula is C35H30N4O12S. The summed E-state index contributed by atoms with van der Waals surface area (Å²) in [5, 5.41) is 40.5. The topological polar surface area (TPSA) is 241 Å². The molecule has 0 radical (unpaired) electrons. The monoisotopic (exact) mass is 730 g/mol. The lowest BCUT2D eigenvalue weighted by molar-refractivity contribution is -0.159. The molecule has 0 fully saturated rings. The maximum absolute atomic E-state index is 14.1. The molecule has 0 atom stereocenters. The Morgan fingerprint density at radius 2 is 1.38 bits per heavy atom. The summed E-state index contributed by atoms with van der Waals surface area (Å²) in [6, 6.07) is 18.4. The minimum atomic E-state index is -1.82. The summed E-state index contributed by atoms with van der Waals surface area (Å²) < 4.78 is 16.3. The summed E-state index contributed by atoms with van der Waals surface area (Å²) in [5.74, 6) is -5.87. The van der Waals surface area contributed by atoms with Crippen LogP contribution in [0.15, 0.2) is 98.1 Å². The molecule has 0 bridgehead atoms. The average Bonchev–Trinajstić information content (AvgIpc) is 3.91. The Morgan fingerprint density at radius 1 is 0.769 bits per heavy atom. The van der Waals surface area contributed by atoms with Crippen molar-refractivity contribution >= 4 is 51.1 Å². The van der Waals surface area contributed by atoms with Crippen molar-refractivity contribution in [3.63, 3.8) is 0 Å². The molecule has 16 nitrogen and oxygen atoms in total. The third kappa shape index (κ3) is 10.0. The van der Waals surface area contributed by atoms with Gasteiger partial charge in [0.1, 0.15) is 23.9 Å². The number of aliphatic carboxylic acids is 4. The number of carboxylic acid groups (broad SMARTS) is 4. The van der Waals surface area contributed by atoms with Crippen LogP contribution in [0.4, 0.5) is 0 Å². The van der Waals surface area contributed by atoms with E-state index in [0.29, 0.717) is 36.6 Å². The molecule has 3 aromatic carbocycles. The lowest BCUT2D eigenvalue weighted by Gasteiger charge is -2.12. The number of hydrogen-bond donors (Lipinski definition) is 5. The number of ether oxygens (including phenoxy) is 2. The number of phenolic OH excluding ortho intramolecular Hbond substituents is 1. The number of hydrogen-bond acceptors (Lipinski definition) is 11. The highest BCUT2D eigenvalue weighted by molar-refractivity contribution is 7.22. The second-order valence-corrected chi connectivity index (χ2v) is 11.5. The van der Waals surface area contributed by atoms with Crippen LogP contribution in [-0.4, -0.2) is 88.0 Å². The Bertz CT molecular complexity index is 2130. The predicted molar refractivity (Wildman–Crippen MR) is 185 cm³/mol. The van der Waals surface area contributed by atoms with Gasteiger partial charge in [0.25, 0.3) is 0 Å². The number of aromatic hydroxyl groups is 1. The van der Waals surface area contributed by atoms with E-state index in [1.54, 1.807) is 56.4 Å². The number of carboxylic acids is 4. The van der Waals surface area contributed by atoms with E-state index in [4.69, 9.17) is 49.1 Å². The number of imidazole rings is 2. The first-order chi connectivity index (χ1) is 24.9. The van der Waals surface area contributed by atoms with Crippen molar-refractivity contribution < 1.29 is 59.0 Å². The second kappa shape index (κ2) is 17.6. The van der Waals surface area contributed by atoms with E-state index in [9.17, 15) is 9.90 Å². The molecule has 0 saturated heterocycles. The summed E-state index contributed by atoms with van der Waals surface area (Å²) in [4.78, 5) is 59.4. The van der Waals surface area contributed by atoms with E-state index < -0.39 is 23.9 Å². The first-order valence-corrected chi connectivity index (χ1v) is 15.7. The first-order valence-electron chi connectivity index (χ1n) is 14.9. The van der Waals surface area contributed by atoms with Crippen LogP contribution in [0.1, 0.15) is 21.5 Å². The number of phenols is 1. The molecule has 0 saturated carbocycles. The van der Waals surface area contributed by atoms with Gasteiger partial charge in [-0.2, -0.15) is 0 Å². The zero-order chi connectivity index (χ0) is 37.8. The minimum Gasteiger partial charge on any atom is -0.508 e. The maximum Gasteiger partial charge on any atom is 0.414 e. The fraction of sp³-hybridized carbons (Fsp3) is 0.114. The molecule has 0 aliphatic heterocycles. The van der Waals surface area contributed by atoms with Crippen molar-refractivity contribution in [1.29, 1.82) is 0 Å². The number of methoxy groups -OCH3 is 1. The van der Waals surface area contributed by atoms with E-state index in [1.165, 1.54) is 11.3 Å². The Morgan fingerprint density at radius 3 is 1.94 bits per heavy atom. The van der Waals surface area contributed by atoms with Gasteiger partial charge in [0.05, 0.1) is 32.9 Å². The van der Waals surface area contributed by atoms with Gasteiger partial charge in [-0.3, -0.25) is 4.79 Å². The van der Waals surface area contributed by atoms with E-state index in [1.807, 2.05) is 57.9 Å². The molecular weight excluding hydrogens is 700 g/mol. The van der Waals surface area contributed by atoms with Crippen molar-refractivity contribution in [2.45, 2.75) is 13.1 Å². The van der Waals surface area contributed by atoms with E-state index in [0.717, 1.165) is 31.8 Å². The Kier molecular flexibility index (Phi) is 12.8. The van der Waals surface area contributed by atoms with E-state index >= 15 is 0 Å². The molecule has 0 unspecified atom stereocenters. The van der Waals surface area contributed by atoms with Gasteiger partial charge >= 0.3 is 23.9 Å². The molecule has 268 valence electrons. The van der Waals surface area contributed by atoms with E-state index in [-0.39, 0.29) is 11.5 Å². The first kappa shape index (κ1) is 37.8. The highest BCUT2D eigenvalue weighted by atomic mass is 32.1. The van der Waals surface area contributed by atoms with Crippen LogP contribution in [-0.2, 0) is 32.3 Å². The molecule has 0 amide bonds. The Hall–Kier alpha value is -7.01. The SMILES string of the molecule is COc1cc(C(=O)c2c(-c3ccc(OCCn4ccnc4)cc3)sc3cc(O)ccc23)ccc1Cn1ccnc1.O=C(O)C(=O)O.O=C(O)C(=O)O. The van der Waals surface area contributed by atoms with E-state index in [2.05, 4.69) is 9.97 Å². The van der Waals surface area contributed by atoms with Gasteiger partial charge in [0.2, 0.25) is 0 Å². The number of rotatable bonds is 10. The zero-order valence-corrected chi connectivity index (χ0v) is 28.0. The van der Waals surface area contributed by atoms with Crippen LogP contribution < -0.4 is 9.47 Å². The Labute approximate surface area is 298 Å². The van der Waals surface area contributed by atoms with Crippen molar-refractivity contribution in [2.24, 2.45) is 0 Å². The number of fused-ring (bicyclic) bond motifs is 1. The van der Waals surface area contributed by atoms with Crippen LogP contribution in [0, 0.1) is 0 Å². The zero-order valence-electron chi connectivity index (χ0n) is 27.1. The average molecular weight is 731 g/mol. The second-order valence-electron chi connectivity index (χ2n) is 10.5. The molecule has 52 heavy (non-hydrogen) atoms. The predicted octanol–water partition coefficient (Wildman–Crippen LogP) is 4.35. The van der Waals surface area contributed by atoms with Crippen molar-refractivity contribution in [3.05, 3.63) is 115 Å². The largest absolute Gasteiger partial charge is 0.508 e. The van der Waals surface area contributed by atoms with Crippen LogP contribution >= 0.6 is 11.3 Å². The van der Waals surface area contributed by atoms with Crippen LogP contribution in [0.3, 0.4) is 0 Å². The number of carbonyl (C=O) groups is 5. The normalized spacial score (nSPS) is 10.2. The number of benzene rings is 3. The van der Waals surface area contributed by atoms with Gasteiger partial charge in [0, 0.05) is 56.4 Å². The molecule has 6 rings (SSSR count). The third-order valence-electron chi connectivity index (χ3n) is 7.02. The highest BCUT2D eigenvalue weighted by Crippen LogP contribution is 2.42. The minimum absolute atomic E-state index is 0.111. The number of aromatic nitrogens is 4. The molecule has 0 spiro atoms. The summed E-state index contributed by atoms with van der Waals surface area (Å²) in [7, 11) is 1.61. The molecule has 3 aromatic heterocycles. The fourth-order valence-electron chi connectivity index (χ4n) is 4.64. The van der Waals surface area contributed by atoms with Crippen LogP contribution in [0.2, 0.25) is 0 Å².